The molecule has 1 saturated carbocycles. The smallest absolute Gasteiger partial charge is 0.340 e. The molecule has 0 amide bonds. The highest BCUT2D eigenvalue weighted by Crippen LogP contribution is 2.41. The van der Waals surface area contributed by atoms with Crippen molar-refractivity contribution in [2.75, 3.05) is 18.6 Å². The lowest BCUT2D eigenvalue weighted by Gasteiger charge is -2.39. The van der Waals surface area contributed by atoms with Gasteiger partial charge in [-0.1, -0.05) is 43.2 Å². The maximum Gasteiger partial charge on any atom is 0.340 e. The zero-order chi connectivity index (χ0) is 22.4. The molecule has 5 nitrogen and oxygen atoms in total. The molecule has 1 fully saturated rings. The van der Waals surface area contributed by atoms with Crippen LogP contribution in [0, 0.1) is 18.3 Å². The number of pyridine rings is 1. The third-order valence-corrected chi connectivity index (χ3v) is 8.12. The number of thioether (sulfide) groups is 2. The Morgan fingerprint density at radius 2 is 2.10 bits per heavy atom. The van der Waals surface area contributed by atoms with Crippen LogP contribution in [0.15, 0.2) is 35.4 Å². The lowest BCUT2D eigenvalue weighted by atomic mass is 9.86. The molecule has 0 spiro atoms. The van der Waals surface area contributed by atoms with Gasteiger partial charge in [0.05, 0.1) is 29.0 Å². The first kappa shape index (κ1) is 23.6. The number of aromatic nitrogens is 1. The molecule has 164 valence electrons. The van der Waals surface area contributed by atoms with Gasteiger partial charge in [-0.2, -0.15) is 17.0 Å². The summed E-state index contributed by atoms with van der Waals surface area (Å²) in [4.78, 5) is 17.4. The van der Waals surface area contributed by atoms with Crippen molar-refractivity contribution in [2.24, 2.45) is 0 Å². The second-order valence-electron chi connectivity index (χ2n) is 7.69. The monoisotopic (exact) mass is 456 g/mol. The highest BCUT2D eigenvalue weighted by Gasteiger charge is 2.39. The van der Waals surface area contributed by atoms with Crippen molar-refractivity contribution in [3.8, 4) is 17.2 Å². The Balaban J connectivity index is 2.07. The Morgan fingerprint density at radius 1 is 1.35 bits per heavy atom. The van der Waals surface area contributed by atoms with Gasteiger partial charge in [-0.05, 0) is 38.5 Å². The fourth-order valence-electron chi connectivity index (χ4n) is 4.12. The van der Waals surface area contributed by atoms with Gasteiger partial charge in [-0.15, -0.1) is 11.8 Å². The van der Waals surface area contributed by atoms with Crippen LogP contribution in [0.5, 0.6) is 0 Å². The number of hydrogen-bond acceptors (Lipinski definition) is 7. The van der Waals surface area contributed by atoms with Crippen molar-refractivity contribution in [1.29, 1.82) is 5.26 Å². The Hall–Kier alpha value is -2.01. The van der Waals surface area contributed by atoms with E-state index in [0.29, 0.717) is 33.2 Å². The Bertz CT molecular complexity index is 975. The summed E-state index contributed by atoms with van der Waals surface area (Å²) < 4.78 is 5.27. The number of rotatable bonds is 7. The third kappa shape index (κ3) is 5.08. The minimum atomic E-state index is -0.794. The standard InChI is InChI=1S/C24H28N2O3S2/c1-4-29-23(27)20-16(2)26-22(18(14-25)21(20)17-10-6-5-7-11-17)31-15-24(28)13-9-8-12-19(24)30-3/h5-7,10-11,19,28H,4,8-9,12-13,15H2,1-3H3. The fourth-order valence-corrected chi connectivity index (χ4v) is 6.49. The number of hydrogen-bond donors (Lipinski definition) is 1. The maximum absolute atomic E-state index is 12.8. The first-order valence-corrected chi connectivity index (χ1v) is 12.8. The second-order valence-corrected chi connectivity index (χ2v) is 9.69. The van der Waals surface area contributed by atoms with Crippen molar-refractivity contribution >= 4 is 29.5 Å². The minimum absolute atomic E-state index is 0.174. The molecule has 1 heterocycles. The van der Waals surface area contributed by atoms with E-state index in [9.17, 15) is 15.2 Å². The van der Waals surface area contributed by atoms with Gasteiger partial charge in [0, 0.05) is 16.6 Å². The van der Waals surface area contributed by atoms with Crippen molar-refractivity contribution in [2.45, 2.75) is 55.4 Å². The Morgan fingerprint density at radius 3 is 2.74 bits per heavy atom. The van der Waals surface area contributed by atoms with Crippen LogP contribution >= 0.6 is 23.5 Å². The summed E-state index contributed by atoms with van der Waals surface area (Å²) >= 11 is 3.11. The number of esters is 1. The first-order chi connectivity index (χ1) is 14.9. The molecule has 31 heavy (non-hydrogen) atoms. The number of nitrogens with zero attached hydrogens (tertiary/aromatic N) is 2. The van der Waals surface area contributed by atoms with Crippen LogP contribution in [0.2, 0.25) is 0 Å². The van der Waals surface area contributed by atoms with Crippen molar-refractivity contribution in [3.63, 3.8) is 0 Å². The molecule has 2 atom stereocenters. The van der Waals surface area contributed by atoms with E-state index in [-0.39, 0.29) is 11.9 Å². The van der Waals surface area contributed by atoms with Gasteiger partial charge in [0.15, 0.2) is 0 Å². The number of aliphatic hydroxyl groups is 1. The molecule has 0 bridgehead atoms. The molecule has 0 aliphatic heterocycles. The second kappa shape index (κ2) is 10.5. The van der Waals surface area contributed by atoms with Gasteiger partial charge in [0.1, 0.15) is 11.1 Å². The summed E-state index contributed by atoms with van der Waals surface area (Å²) in [6, 6.07) is 11.7. The van der Waals surface area contributed by atoms with Gasteiger partial charge in [0.25, 0.3) is 0 Å². The van der Waals surface area contributed by atoms with Crippen LogP contribution < -0.4 is 0 Å². The number of carbonyl (C=O) groups is 1. The average molecular weight is 457 g/mol. The number of aryl methyl sites for hydroxylation is 1. The molecular formula is C24H28N2O3S2. The predicted octanol–water partition coefficient (Wildman–Crippen LogP) is 5.23. The zero-order valence-corrected chi connectivity index (χ0v) is 19.8. The van der Waals surface area contributed by atoms with E-state index < -0.39 is 11.6 Å². The number of ether oxygens (including phenoxy) is 1. The van der Waals surface area contributed by atoms with Gasteiger partial charge in [0.2, 0.25) is 0 Å². The van der Waals surface area contributed by atoms with Gasteiger partial charge in [-0.25, -0.2) is 9.78 Å². The third-order valence-electron chi connectivity index (χ3n) is 5.67. The normalized spacial score (nSPS) is 20.8. The van der Waals surface area contributed by atoms with Crippen LogP contribution in [-0.4, -0.2) is 45.5 Å². The summed E-state index contributed by atoms with van der Waals surface area (Å²) in [5.74, 6) is -0.0140. The van der Waals surface area contributed by atoms with Gasteiger partial charge >= 0.3 is 5.97 Å². The van der Waals surface area contributed by atoms with Gasteiger partial charge in [-0.3, -0.25) is 0 Å². The van der Waals surface area contributed by atoms with Crippen LogP contribution in [-0.2, 0) is 4.74 Å². The molecule has 1 N–H and O–H groups in total. The molecule has 2 unspecified atom stereocenters. The molecule has 0 saturated heterocycles. The molecule has 1 aliphatic carbocycles. The van der Waals surface area contributed by atoms with Crippen molar-refractivity contribution in [3.05, 3.63) is 47.2 Å². The van der Waals surface area contributed by atoms with E-state index in [2.05, 4.69) is 11.1 Å². The van der Waals surface area contributed by atoms with Crippen LogP contribution in [0.1, 0.15) is 54.2 Å². The average Bonchev–Trinajstić information content (AvgIpc) is 2.78. The van der Waals surface area contributed by atoms with Crippen molar-refractivity contribution in [1.82, 2.24) is 4.98 Å². The molecule has 2 aromatic rings. The van der Waals surface area contributed by atoms with E-state index in [1.807, 2.05) is 36.6 Å². The van der Waals surface area contributed by atoms with E-state index in [4.69, 9.17) is 4.74 Å². The van der Waals surface area contributed by atoms with E-state index in [0.717, 1.165) is 31.2 Å². The van der Waals surface area contributed by atoms with E-state index in [1.165, 1.54) is 11.8 Å². The predicted molar refractivity (Wildman–Crippen MR) is 127 cm³/mol. The summed E-state index contributed by atoms with van der Waals surface area (Å²) in [5.41, 5.74) is 1.73. The quantitative estimate of drug-likeness (QED) is 0.451. The zero-order valence-electron chi connectivity index (χ0n) is 18.2. The molecule has 0 radical (unpaired) electrons. The van der Waals surface area contributed by atoms with Crippen LogP contribution in [0.3, 0.4) is 0 Å². The minimum Gasteiger partial charge on any atom is -0.462 e. The van der Waals surface area contributed by atoms with Crippen LogP contribution in [0.25, 0.3) is 11.1 Å². The lowest BCUT2D eigenvalue weighted by molar-refractivity contribution is 0.0340. The summed E-state index contributed by atoms with van der Waals surface area (Å²) in [6.45, 7) is 3.77. The topological polar surface area (TPSA) is 83.2 Å². The largest absolute Gasteiger partial charge is 0.462 e. The lowest BCUT2D eigenvalue weighted by Crippen LogP contribution is -2.45. The molecular weight excluding hydrogens is 428 g/mol. The summed E-state index contributed by atoms with van der Waals surface area (Å²) in [5, 5.41) is 22.1. The van der Waals surface area contributed by atoms with E-state index in [1.54, 1.807) is 25.6 Å². The summed E-state index contributed by atoms with van der Waals surface area (Å²) in [6.07, 6.45) is 5.91. The highest BCUT2D eigenvalue weighted by molar-refractivity contribution is 8.00. The highest BCUT2D eigenvalue weighted by atomic mass is 32.2. The Kier molecular flexibility index (Phi) is 8.04. The SMILES string of the molecule is CCOC(=O)c1c(C)nc(SCC2(O)CCCCC2SC)c(C#N)c1-c1ccccc1. The molecule has 1 aromatic heterocycles. The molecule has 7 heteroatoms. The van der Waals surface area contributed by atoms with E-state index >= 15 is 0 Å². The molecule has 3 rings (SSSR count). The Labute approximate surface area is 192 Å². The van der Waals surface area contributed by atoms with Crippen molar-refractivity contribution < 1.29 is 14.6 Å². The first-order valence-electron chi connectivity index (χ1n) is 10.5. The molecule has 1 aliphatic rings. The number of benzene rings is 1. The maximum atomic E-state index is 12.8. The molecule has 1 aromatic carbocycles. The number of carbonyl (C=O) groups excluding carboxylic acids is 1. The summed E-state index contributed by atoms with van der Waals surface area (Å²) in [7, 11) is 0. The van der Waals surface area contributed by atoms with Crippen LogP contribution in [0.4, 0.5) is 0 Å². The fraction of sp³-hybridized carbons (Fsp3) is 0.458. The number of nitriles is 1. The van der Waals surface area contributed by atoms with Gasteiger partial charge < -0.3 is 9.84 Å².